The molecule has 0 saturated carbocycles. The Morgan fingerprint density at radius 1 is 0.974 bits per heavy atom. The number of rotatable bonds is 6. The van der Waals surface area contributed by atoms with Crippen molar-refractivity contribution in [3.05, 3.63) is 83.9 Å². The molecule has 198 valence electrons. The van der Waals surface area contributed by atoms with E-state index in [9.17, 15) is 14.4 Å². The molecular weight excluding hydrogens is 594 g/mol. The number of nitrogen functional groups attached to an aromatic ring is 1. The Balaban J connectivity index is 2.13. The number of aromatic nitrogens is 1. The largest absolute Gasteiger partial charge is 0.462 e. The number of nitrogens with zero attached hydrogens (tertiary/aromatic N) is 1. The third-order valence-corrected chi connectivity index (χ3v) is 7.99. The molecule has 0 saturated heterocycles. The first-order chi connectivity index (χ1) is 18.1. The SMILES string of the molecule is CCOC(=O)C1=c2/c(=C/c3ccc(Cl)cc3Cl)c(N)c(C(=O)OCC)n2C(=O)[C@H](c2ccc(Cl)cc2Cl)S1. The zero-order valence-electron chi connectivity index (χ0n) is 20.0. The van der Waals surface area contributed by atoms with Crippen molar-refractivity contribution in [2.24, 2.45) is 0 Å². The van der Waals surface area contributed by atoms with Crippen molar-refractivity contribution in [2.45, 2.75) is 19.1 Å². The number of benzene rings is 2. The highest BCUT2D eigenvalue weighted by molar-refractivity contribution is 8.10. The van der Waals surface area contributed by atoms with Crippen LogP contribution in [0.3, 0.4) is 0 Å². The van der Waals surface area contributed by atoms with Gasteiger partial charge in [0.15, 0.2) is 5.69 Å². The number of thioether (sulfide) groups is 1. The summed E-state index contributed by atoms with van der Waals surface area (Å²) in [7, 11) is 0. The first-order valence-electron chi connectivity index (χ1n) is 11.3. The van der Waals surface area contributed by atoms with Crippen molar-refractivity contribution >= 4 is 92.7 Å². The minimum absolute atomic E-state index is 0.0324. The molecule has 1 aliphatic heterocycles. The molecule has 0 amide bonds. The van der Waals surface area contributed by atoms with Crippen LogP contribution in [-0.4, -0.2) is 35.6 Å². The monoisotopic (exact) mass is 612 g/mol. The molecule has 2 aromatic carbocycles. The van der Waals surface area contributed by atoms with Crippen molar-refractivity contribution in [3.8, 4) is 0 Å². The molecule has 2 heterocycles. The number of hydrogen-bond acceptors (Lipinski definition) is 7. The Hall–Kier alpha value is -2.62. The average molecular weight is 614 g/mol. The summed E-state index contributed by atoms with van der Waals surface area (Å²) >= 11 is 25.9. The Labute approximate surface area is 242 Å². The van der Waals surface area contributed by atoms with Crippen molar-refractivity contribution in [1.82, 2.24) is 4.57 Å². The molecule has 0 spiro atoms. The number of esters is 2. The van der Waals surface area contributed by atoms with E-state index in [4.69, 9.17) is 61.6 Å². The van der Waals surface area contributed by atoms with E-state index in [0.29, 0.717) is 26.2 Å². The van der Waals surface area contributed by atoms with Gasteiger partial charge in [-0.25, -0.2) is 9.59 Å². The maximum absolute atomic E-state index is 14.0. The van der Waals surface area contributed by atoms with Gasteiger partial charge in [-0.15, -0.1) is 0 Å². The second-order valence-corrected chi connectivity index (χ2v) is 10.7. The van der Waals surface area contributed by atoms with Gasteiger partial charge in [0.2, 0.25) is 5.91 Å². The Morgan fingerprint density at radius 2 is 1.58 bits per heavy atom. The number of fused-ring (bicyclic) bond motifs is 1. The summed E-state index contributed by atoms with van der Waals surface area (Å²) in [6, 6.07) is 9.47. The first kappa shape index (κ1) is 28.4. The molecule has 0 fully saturated rings. The summed E-state index contributed by atoms with van der Waals surface area (Å²) in [6.45, 7) is 3.39. The van der Waals surface area contributed by atoms with Gasteiger partial charge in [0.25, 0.3) is 0 Å². The van der Waals surface area contributed by atoms with Gasteiger partial charge >= 0.3 is 11.9 Å². The highest BCUT2D eigenvalue weighted by Crippen LogP contribution is 2.42. The van der Waals surface area contributed by atoms with Crippen LogP contribution in [0.2, 0.25) is 20.1 Å². The molecule has 0 unspecified atom stereocenters. The lowest BCUT2D eigenvalue weighted by molar-refractivity contribution is -0.135. The zero-order chi connectivity index (χ0) is 27.7. The number of anilines is 1. The summed E-state index contributed by atoms with van der Waals surface area (Å²) in [5.41, 5.74) is 7.09. The maximum Gasteiger partial charge on any atom is 0.357 e. The molecule has 7 nitrogen and oxygen atoms in total. The van der Waals surface area contributed by atoms with E-state index in [-0.39, 0.29) is 45.1 Å². The van der Waals surface area contributed by atoms with Gasteiger partial charge in [-0.1, -0.05) is 70.3 Å². The van der Waals surface area contributed by atoms with Crippen LogP contribution >= 0.6 is 58.2 Å². The maximum atomic E-state index is 14.0. The summed E-state index contributed by atoms with van der Waals surface area (Å²) in [4.78, 5) is 40.4. The Kier molecular flexibility index (Phi) is 8.69. The number of carbonyl (C=O) groups is 3. The van der Waals surface area contributed by atoms with Crippen molar-refractivity contribution < 1.29 is 23.9 Å². The number of ether oxygens (including phenoxy) is 2. The molecular formula is C26H20Cl4N2O5S. The van der Waals surface area contributed by atoms with E-state index >= 15 is 0 Å². The van der Waals surface area contributed by atoms with Gasteiger partial charge in [0, 0.05) is 25.3 Å². The zero-order valence-corrected chi connectivity index (χ0v) is 23.9. The molecule has 0 radical (unpaired) electrons. The lowest BCUT2D eigenvalue weighted by atomic mass is 10.1. The van der Waals surface area contributed by atoms with Gasteiger partial charge in [0.1, 0.15) is 10.2 Å². The molecule has 0 aliphatic carbocycles. The number of hydrogen-bond donors (Lipinski definition) is 1. The fourth-order valence-corrected chi connectivity index (χ4v) is 6.25. The molecule has 12 heteroatoms. The van der Waals surface area contributed by atoms with E-state index in [1.165, 1.54) is 12.1 Å². The van der Waals surface area contributed by atoms with Crippen LogP contribution in [0.25, 0.3) is 11.0 Å². The van der Waals surface area contributed by atoms with Gasteiger partial charge in [-0.2, -0.15) is 0 Å². The lowest BCUT2D eigenvalue weighted by Crippen LogP contribution is -2.42. The normalized spacial score (nSPS) is 15.4. The van der Waals surface area contributed by atoms with Gasteiger partial charge in [0.05, 0.1) is 24.3 Å². The topological polar surface area (TPSA) is 101 Å². The highest BCUT2D eigenvalue weighted by atomic mass is 35.5. The number of halogens is 4. The van der Waals surface area contributed by atoms with Crippen LogP contribution in [0, 0.1) is 0 Å². The Morgan fingerprint density at radius 3 is 2.18 bits per heavy atom. The van der Waals surface area contributed by atoms with E-state index in [2.05, 4.69) is 0 Å². The Bertz CT molecular complexity index is 1600. The summed E-state index contributed by atoms with van der Waals surface area (Å²) in [5.74, 6) is -2.09. The smallest absolute Gasteiger partial charge is 0.357 e. The molecule has 0 bridgehead atoms. The van der Waals surface area contributed by atoms with Gasteiger partial charge < -0.3 is 15.2 Å². The van der Waals surface area contributed by atoms with E-state index in [0.717, 1.165) is 16.3 Å². The molecule has 1 aromatic heterocycles. The van der Waals surface area contributed by atoms with E-state index in [1.54, 1.807) is 44.2 Å². The molecule has 1 aliphatic rings. The molecule has 1 atom stereocenters. The lowest BCUT2D eigenvalue weighted by Gasteiger charge is -2.24. The predicted molar refractivity (Wildman–Crippen MR) is 152 cm³/mol. The molecule has 4 rings (SSSR count). The molecule has 2 N–H and O–H groups in total. The fraction of sp³-hybridized carbons (Fsp3) is 0.192. The van der Waals surface area contributed by atoms with Crippen LogP contribution in [0.15, 0.2) is 36.4 Å². The van der Waals surface area contributed by atoms with E-state index < -0.39 is 23.1 Å². The summed E-state index contributed by atoms with van der Waals surface area (Å²) in [5, 5.41) is 0.599. The summed E-state index contributed by atoms with van der Waals surface area (Å²) in [6.07, 6.45) is 1.57. The van der Waals surface area contributed by atoms with Crippen molar-refractivity contribution in [3.63, 3.8) is 0 Å². The first-order valence-corrected chi connectivity index (χ1v) is 13.7. The van der Waals surface area contributed by atoms with Crippen LogP contribution in [0.4, 0.5) is 5.69 Å². The van der Waals surface area contributed by atoms with Gasteiger partial charge in [-0.05, 0) is 55.3 Å². The minimum Gasteiger partial charge on any atom is -0.462 e. The highest BCUT2D eigenvalue weighted by Gasteiger charge is 2.39. The van der Waals surface area contributed by atoms with Crippen molar-refractivity contribution in [1.29, 1.82) is 0 Å². The van der Waals surface area contributed by atoms with Gasteiger partial charge in [-0.3, -0.25) is 9.36 Å². The van der Waals surface area contributed by atoms with Crippen LogP contribution in [-0.2, 0) is 14.3 Å². The standard InChI is InChI=1S/C26H20Cl4N2O5S/c1-3-36-25(34)21-19(31)16(9-12-5-6-13(27)10-17(12)29)20-23(26(35)37-4-2)38-22(24(33)32(20)21)15-8-7-14(28)11-18(15)30/h5-11,22H,3-4,31H2,1-2H3/b16-9+/t22-/m0/s1. The quantitative estimate of drug-likeness (QED) is 0.367. The summed E-state index contributed by atoms with van der Waals surface area (Å²) < 4.78 is 11.6. The molecule has 3 aromatic rings. The van der Waals surface area contributed by atoms with E-state index in [1.807, 2.05) is 0 Å². The second kappa shape index (κ2) is 11.6. The minimum atomic E-state index is -1.02. The third kappa shape index (κ3) is 5.28. The molecule has 38 heavy (non-hydrogen) atoms. The number of carbonyl (C=O) groups excluding carboxylic acids is 3. The van der Waals surface area contributed by atoms with Crippen LogP contribution in [0.5, 0.6) is 0 Å². The second-order valence-electron chi connectivity index (χ2n) is 7.94. The van der Waals surface area contributed by atoms with Crippen LogP contribution < -0.4 is 16.3 Å². The van der Waals surface area contributed by atoms with Crippen molar-refractivity contribution in [2.75, 3.05) is 18.9 Å². The fourth-order valence-electron chi connectivity index (χ4n) is 3.97. The third-order valence-electron chi connectivity index (χ3n) is 5.58. The van der Waals surface area contributed by atoms with Crippen LogP contribution in [0.1, 0.15) is 45.5 Å². The number of nitrogens with two attached hydrogens (primary N) is 1. The average Bonchev–Trinajstić information content (AvgIpc) is 3.14. The predicted octanol–water partition coefficient (Wildman–Crippen LogP) is 5.49.